The lowest BCUT2D eigenvalue weighted by molar-refractivity contribution is -0.183. The van der Waals surface area contributed by atoms with E-state index >= 15 is 0 Å². The summed E-state index contributed by atoms with van der Waals surface area (Å²) in [4.78, 5) is 6.07. The van der Waals surface area contributed by atoms with Crippen LogP contribution in [0.3, 0.4) is 0 Å². The van der Waals surface area contributed by atoms with Crippen molar-refractivity contribution < 1.29 is 22.3 Å². The van der Waals surface area contributed by atoms with Crippen molar-refractivity contribution in [1.29, 1.82) is 0 Å². The molecule has 1 unspecified atom stereocenters. The van der Waals surface area contributed by atoms with Gasteiger partial charge in [-0.05, 0) is 54.7 Å². The van der Waals surface area contributed by atoms with Crippen LogP contribution in [-0.2, 0) is 10.2 Å². The fourth-order valence-corrected chi connectivity index (χ4v) is 5.49. The molecule has 2 atom stereocenters. The molecule has 7 nitrogen and oxygen atoms in total. The highest BCUT2D eigenvalue weighted by molar-refractivity contribution is 5.82. The standard InChI is InChI=1S/C26H26F4N6O/c1-37-14-25(7-8-25)18-11-21-15(10-19(18)27)2-4-20(32-21)24-34-33-22-5-3-16(12-36(22)24)23(26(28,29)30)35-9-6-17(31)13-35/h2-5,10-12,17,23H,6-9,13-14,31H2,1H3/t17?,23-/m1/s1. The number of rotatable bonds is 6. The number of methoxy groups -OCH3 is 1. The lowest BCUT2D eigenvalue weighted by Gasteiger charge is -2.30. The molecule has 1 aliphatic heterocycles. The number of nitrogens with zero attached hydrogens (tertiary/aromatic N) is 5. The van der Waals surface area contributed by atoms with Gasteiger partial charge in [0, 0.05) is 43.2 Å². The van der Waals surface area contributed by atoms with E-state index in [2.05, 4.69) is 10.2 Å². The lowest BCUT2D eigenvalue weighted by atomic mass is 9.95. The van der Waals surface area contributed by atoms with Gasteiger partial charge in [0.15, 0.2) is 11.5 Å². The maximum atomic E-state index is 14.9. The van der Waals surface area contributed by atoms with Crippen LogP contribution in [0.4, 0.5) is 17.6 Å². The van der Waals surface area contributed by atoms with Crippen LogP contribution in [0, 0.1) is 5.82 Å². The van der Waals surface area contributed by atoms with Crippen molar-refractivity contribution in [3.8, 4) is 11.5 Å². The van der Waals surface area contributed by atoms with Gasteiger partial charge >= 0.3 is 6.18 Å². The number of ether oxygens (including phenoxy) is 1. The van der Waals surface area contributed by atoms with E-state index in [1.165, 1.54) is 33.7 Å². The molecule has 2 fully saturated rings. The molecule has 0 spiro atoms. The van der Waals surface area contributed by atoms with Crippen molar-refractivity contribution in [3.05, 3.63) is 59.5 Å². The molecule has 6 rings (SSSR count). The van der Waals surface area contributed by atoms with Crippen LogP contribution < -0.4 is 5.73 Å². The Labute approximate surface area is 210 Å². The summed E-state index contributed by atoms with van der Waals surface area (Å²) in [6.45, 7) is 0.871. The number of alkyl halides is 3. The van der Waals surface area contributed by atoms with Crippen LogP contribution in [0.2, 0.25) is 0 Å². The fourth-order valence-electron chi connectivity index (χ4n) is 5.49. The maximum absolute atomic E-state index is 14.9. The van der Waals surface area contributed by atoms with Crippen LogP contribution >= 0.6 is 0 Å². The Morgan fingerprint density at radius 2 is 1.97 bits per heavy atom. The first-order valence-electron chi connectivity index (χ1n) is 12.2. The molecule has 1 saturated carbocycles. The fraction of sp³-hybridized carbons (Fsp3) is 0.423. The third kappa shape index (κ3) is 4.24. The van der Waals surface area contributed by atoms with Crippen molar-refractivity contribution in [2.45, 2.75) is 42.9 Å². The number of aromatic nitrogens is 4. The van der Waals surface area contributed by atoms with Gasteiger partial charge < -0.3 is 10.5 Å². The Bertz CT molecular complexity index is 1480. The number of likely N-dealkylation sites (tertiary alicyclic amines) is 1. The van der Waals surface area contributed by atoms with Gasteiger partial charge in [0.2, 0.25) is 0 Å². The quantitative estimate of drug-likeness (QED) is 0.384. The molecule has 1 aliphatic carbocycles. The van der Waals surface area contributed by atoms with Crippen LogP contribution in [-0.4, -0.2) is 63.5 Å². The zero-order valence-corrected chi connectivity index (χ0v) is 20.2. The molecular weight excluding hydrogens is 488 g/mol. The molecule has 0 bridgehead atoms. The first-order chi connectivity index (χ1) is 17.7. The number of hydrogen-bond donors (Lipinski definition) is 1. The molecule has 0 amide bonds. The second kappa shape index (κ2) is 8.71. The minimum Gasteiger partial charge on any atom is -0.384 e. The van der Waals surface area contributed by atoms with Crippen LogP contribution in [0.1, 0.15) is 36.4 Å². The largest absolute Gasteiger partial charge is 0.408 e. The first-order valence-corrected chi connectivity index (χ1v) is 12.2. The monoisotopic (exact) mass is 514 g/mol. The normalized spacial score (nSPS) is 20.6. The minimum atomic E-state index is -4.48. The van der Waals surface area contributed by atoms with Crippen molar-refractivity contribution in [3.63, 3.8) is 0 Å². The van der Waals surface area contributed by atoms with Crippen molar-refractivity contribution in [2.24, 2.45) is 5.73 Å². The lowest BCUT2D eigenvalue weighted by Crippen LogP contribution is -2.38. The molecule has 2 aliphatic rings. The molecule has 1 aromatic carbocycles. The number of hydrogen-bond acceptors (Lipinski definition) is 6. The second-order valence-corrected chi connectivity index (χ2v) is 10.1. The summed E-state index contributed by atoms with van der Waals surface area (Å²) in [5.74, 6) is 0.00990. The number of pyridine rings is 2. The third-order valence-electron chi connectivity index (χ3n) is 7.52. The van der Waals surface area contributed by atoms with Gasteiger partial charge in [0.25, 0.3) is 0 Å². The highest BCUT2D eigenvalue weighted by atomic mass is 19.4. The Balaban J connectivity index is 1.42. The molecule has 4 heterocycles. The van der Waals surface area contributed by atoms with E-state index in [0.717, 1.165) is 12.8 Å². The summed E-state index contributed by atoms with van der Waals surface area (Å²) in [7, 11) is 1.60. The van der Waals surface area contributed by atoms with E-state index in [4.69, 9.17) is 15.5 Å². The van der Waals surface area contributed by atoms with Crippen LogP contribution in [0.5, 0.6) is 0 Å². The molecule has 3 aromatic heterocycles. The van der Waals surface area contributed by atoms with Gasteiger partial charge in [-0.15, -0.1) is 10.2 Å². The highest BCUT2D eigenvalue weighted by Gasteiger charge is 2.47. The smallest absolute Gasteiger partial charge is 0.384 e. The van der Waals surface area contributed by atoms with Gasteiger partial charge in [-0.2, -0.15) is 13.2 Å². The highest BCUT2D eigenvalue weighted by Crippen LogP contribution is 2.50. The third-order valence-corrected chi connectivity index (χ3v) is 7.52. The Hall–Kier alpha value is -3.15. The molecular formula is C26H26F4N6O. The number of fused-ring (bicyclic) bond motifs is 2. The van der Waals surface area contributed by atoms with Gasteiger partial charge in [0.05, 0.1) is 12.1 Å². The van der Waals surface area contributed by atoms with E-state index in [1.807, 2.05) is 0 Å². The second-order valence-electron chi connectivity index (χ2n) is 10.1. The Kier molecular flexibility index (Phi) is 5.70. The average Bonchev–Trinajstić information content (AvgIpc) is 3.31. The summed E-state index contributed by atoms with van der Waals surface area (Å²) < 4.78 is 64.2. The average molecular weight is 515 g/mol. The zero-order chi connectivity index (χ0) is 25.9. The van der Waals surface area contributed by atoms with Crippen molar-refractivity contribution in [2.75, 3.05) is 26.8 Å². The molecule has 0 radical (unpaired) electrons. The summed E-state index contributed by atoms with van der Waals surface area (Å²) in [5.41, 5.74) is 7.60. The van der Waals surface area contributed by atoms with Gasteiger partial charge in [-0.1, -0.05) is 12.1 Å². The minimum absolute atomic E-state index is 0.0792. The SMILES string of the molecule is COCC1(c2cc3nc(-c4nnc5ccc([C@@H](N6CCC(N)C6)C(F)(F)F)cn45)ccc3cc2F)CC1. The van der Waals surface area contributed by atoms with E-state index in [-0.39, 0.29) is 35.9 Å². The molecule has 4 aromatic rings. The van der Waals surface area contributed by atoms with Gasteiger partial charge in [-0.3, -0.25) is 9.30 Å². The Morgan fingerprint density at radius 1 is 1.16 bits per heavy atom. The van der Waals surface area contributed by atoms with Crippen molar-refractivity contribution in [1.82, 2.24) is 24.5 Å². The number of benzene rings is 1. The molecule has 37 heavy (non-hydrogen) atoms. The molecule has 11 heteroatoms. The summed E-state index contributed by atoms with van der Waals surface area (Å²) in [6.07, 6.45) is -0.866. The van der Waals surface area contributed by atoms with E-state index in [1.54, 1.807) is 25.3 Å². The Morgan fingerprint density at radius 3 is 2.65 bits per heavy atom. The van der Waals surface area contributed by atoms with E-state index in [0.29, 0.717) is 46.7 Å². The summed E-state index contributed by atoms with van der Waals surface area (Å²) in [5, 5.41) is 8.97. The maximum Gasteiger partial charge on any atom is 0.408 e. The predicted molar refractivity (Wildman–Crippen MR) is 129 cm³/mol. The van der Waals surface area contributed by atoms with Gasteiger partial charge in [-0.25, -0.2) is 9.37 Å². The summed E-state index contributed by atoms with van der Waals surface area (Å²) >= 11 is 0. The molecule has 1 saturated heterocycles. The van der Waals surface area contributed by atoms with E-state index in [9.17, 15) is 17.6 Å². The predicted octanol–water partition coefficient (Wildman–Crippen LogP) is 4.40. The molecule has 194 valence electrons. The number of nitrogens with two attached hydrogens (primary N) is 1. The molecule has 2 N–H and O–H groups in total. The number of halogens is 4. The first kappa shape index (κ1) is 24.2. The topological polar surface area (TPSA) is 81.6 Å². The van der Waals surface area contributed by atoms with Gasteiger partial charge in [0.1, 0.15) is 17.6 Å². The van der Waals surface area contributed by atoms with Crippen molar-refractivity contribution >= 4 is 16.6 Å². The van der Waals surface area contributed by atoms with E-state index < -0.39 is 12.2 Å². The summed E-state index contributed by atoms with van der Waals surface area (Å²) in [6, 6.07) is 7.50. The van der Waals surface area contributed by atoms with Crippen LogP contribution in [0.15, 0.2) is 42.6 Å². The zero-order valence-electron chi connectivity index (χ0n) is 20.2. The van der Waals surface area contributed by atoms with Crippen LogP contribution in [0.25, 0.3) is 28.1 Å².